The van der Waals surface area contributed by atoms with E-state index in [0.717, 1.165) is 6.42 Å². The summed E-state index contributed by atoms with van der Waals surface area (Å²) in [5.74, 6) is -2.60. The van der Waals surface area contributed by atoms with Crippen LogP contribution in [0.1, 0.15) is 39.5 Å². The number of carboxylic acid groups (broad SMARTS) is 2. The number of unbranched alkanes of at least 4 members (excludes halogenated alkanes) is 2. The molecule has 3 atom stereocenters. The summed E-state index contributed by atoms with van der Waals surface area (Å²) in [6.07, 6.45) is 3.73. The normalized spacial score (nSPS) is 21.2. The molecule has 0 radical (unpaired) electrons. The first-order valence-electron chi connectivity index (χ1n) is 8.12. The lowest BCUT2D eigenvalue weighted by atomic mass is 10.1. The van der Waals surface area contributed by atoms with Gasteiger partial charge in [0.15, 0.2) is 0 Å². The molecule has 0 aromatic heterocycles. The maximum atomic E-state index is 12.0. The van der Waals surface area contributed by atoms with Gasteiger partial charge in [-0.3, -0.25) is 13.8 Å². The fourth-order valence-electron chi connectivity index (χ4n) is 2.34. The Morgan fingerprint density at radius 2 is 1.92 bits per heavy atom. The van der Waals surface area contributed by atoms with Crippen LogP contribution in [0.25, 0.3) is 0 Å². The molecule has 0 aliphatic heterocycles. The maximum Gasteiger partial charge on any atom is 0.352 e. The monoisotopic (exact) mass is 374 g/mol. The number of hydrogen-bond donors (Lipinski definition) is 4. The van der Waals surface area contributed by atoms with Gasteiger partial charge in [-0.05, 0) is 31.1 Å². The van der Waals surface area contributed by atoms with Gasteiger partial charge in [0.1, 0.15) is 11.7 Å². The highest BCUT2D eigenvalue weighted by Crippen LogP contribution is 2.51. The van der Waals surface area contributed by atoms with Gasteiger partial charge in [-0.1, -0.05) is 19.9 Å². The Balaban J connectivity index is 2.34. The number of allylic oxidation sites excluding steroid dienone is 1. The molecule has 0 unspecified atom stereocenters. The number of carboxylic acids is 2. The lowest BCUT2D eigenvalue weighted by Crippen LogP contribution is -2.36. The molecule has 8 nitrogen and oxygen atoms in total. The van der Waals surface area contributed by atoms with E-state index in [2.05, 4.69) is 5.32 Å². The highest BCUT2D eigenvalue weighted by molar-refractivity contribution is 7.85. The number of carbonyl (C=O) groups is 3. The molecule has 1 aliphatic rings. The van der Waals surface area contributed by atoms with Gasteiger partial charge >= 0.3 is 11.9 Å². The van der Waals surface area contributed by atoms with E-state index in [-0.39, 0.29) is 28.7 Å². The lowest BCUT2D eigenvalue weighted by molar-refractivity contribution is -0.138. The number of rotatable bonds is 11. The summed E-state index contributed by atoms with van der Waals surface area (Å²) in [5.41, 5.74) is 5.10. The van der Waals surface area contributed by atoms with Crippen molar-refractivity contribution in [3.63, 3.8) is 0 Å². The molecule has 1 rings (SSSR count). The van der Waals surface area contributed by atoms with Gasteiger partial charge in [-0.25, -0.2) is 4.79 Å². The smallest absolute Gasteiger partial charge is 0.352 e. The molecule has 1 saturated carbocycles. The molecule has 1 aliphatic carbocycles. The van der Waals surface area contributed by atoms with E-state index < -0.39 is 28.8 Å². The van der Waals surface area contributed by atoms with E-state index in [4.69, 9.17) is 15.9 Å². The summed E-state index contributed by atoms with van der Waals surface area (Å²) in [7, 11) is -1.32. The summed E-state index contributed by atoms with van der Waals surface area (Å²) in [6.45, 7) is 3.91. The Labute approximate surface area is 149 Å². The molecule has 9 heteroatoms. The number of amides is 1. The Morgan fingerprint density at radius 1 is 1.32 bits per heavy atom. The minimum absolute atomic E-state index is 0.0748. The van der Waals surface area contributed by atoms with Crippen LogP contribution < -0.4 is 11.1 Å². The molecule has 0 aromatic carbocycles. The molecule has 0 aromatic rings. The van der Waals surface area contributed by atoms with Crippen LogP contribution in [0.15, 0.2) is 11.8 Å². The third-order valence-electron chi connectivity index (χ3n) is 4.18. The topological polar surface area (TPSA) is 147 Å². The molecule has 0 heterocycles. The van der Waals surface area contributed by atoms with Crippen molar-refractivity contribution in [2.24, 2.45) is 17.1 Å². The van der Waals surface area contributed by atoms with E-state index in [9.17, 15) is 18.6 Å². The second-order valence-electron chi connectivity index (χ2n) is 6.91. The Bertz CT molecular complexity index is 587. The SMILES string of the molecule is CC1(C)C[C@@H]1C(=O)N/C(=C\CCCC[S@@](=O)C[C@H](N)C(=O)O)C(=O)O. The molecule has 5 N–H and O–H groups in total. The van der Waals surface area contributed by atoms with Crippen molar-refractivity contribution in [1.82, 2.24) is 5.32 Å². The highest BCUT2D eigenvalue weighted by Gasteiger charge is 2.50. The fraction of sp³-hybridized carbons (Fsp3) is 0.688. The third kappa shape index (κ3) is 7.35. The van der Waals surface area contributed by atoms with Crippen molar-refractivity contribution in [2.45, 2.75) is 45.6 Å². The van der Waals surface area contributed by atoms with Gasteiger partial charge in [0.05, 0.1) is 0 Å². The molecule has 0 saturated heterocycles. The van der Waals surface area contributed by atoms with E-state index in [1.165, 1.54) is 6.08 Å². The molecule has 142 valence electrons. The largest absolute Gasteiger partial charge is 0.480 e. The van der Waals surface area contributed by atoms with Crippen LogP contribution >= 0.6 is 0 Å². The summed E-state index contributed by atoms with van der Waals surface area (Å²) >= 11 is 0. The van der Waals surface area contributed by atoms with Crippen molar-refractivity contribution < 1.29 is 28.8 Å². The van der Waals surface area contributed by atoms with Gasteiger partial charge in [0, 0.05) is 28.2 Å². The fourth-order valence-corrected chi connectivity index (χ4v) is 3.57. The summed E-state index contributed by atoms with van der Waals surface area (Å²) < 4.78 is 11.7. The standard InChI is InChI=1S/C16H26N2O6S/c1-16(2)8-10(16)13(19)18-12(15(22)23)6-4-3-5-7-25(24)9-11(17)14(20)21/h6,10-11H,3-5,7-9,17H2,1-2H3,(H,18,19)(H,20,21)(H,22,23)/b12-6-/t10-,11+,25-/m1/s1. The minimum Gasteiger partial charge on any atom is -0.480 e. The number of nitrogens with one attached hydrogen (secondary N) is 1. The Kier molecular flexibility index (Phi) is 7.75. The molecular weight excluding hydrogens is 348 g/mol. The summed E-state index contributed by atoms with van der Waals surface area (Å²) in [4.78, 5) is 33.7. The predicted molar refractivity (Wildman–Crippen MR) is 93.1 cm³/mol. The van der Waals surface area contributed by atoms with Crippen LogP contribution in [-0.4, -0.2) is 49.8 Å². The quantitative estimate of drug-likeness (QED) is 0.303. The second-order valence-corrected chi connectivity index (χ2v) is 8.53. The van der Waals surface area contributed by atoms with Crippen LogP contribution in [0.2, 0.25) is 0 Å². The summed E-state index contributed by atoms with van der Waals surface area (Å²) in [5, 5.41) is 20.2. The number of hydrogen-bond acceptors (Lipinski definition) is 5. The van der Waals surface area contributed by atoms with Crippen molar-refractivity contribution in [3.05, 3.63) is 11.8 Å². The predicted octanol–water partition coefficient (Wildman–Crippen LogP) is 0.448. The Morgan fingerprint density at radius 3 is 2.40 bits per heavy atom. The van der Waals surface area contributed by atoms with Gasteiger partial charge in [-0.15, -0.1) is 0 Å². The maximum absolute atomic E-state index is 12.0. The van der Waals surface area contributed by atoms with E-state index in [1.807, 2.05) is 13.8 Å². The van der Waals surface area contributed by atoms with Crippen LogP contribution in [0.4, 0.5) is 0 Å². The molecule has 0 bridgehead atoms. The Hall–Kier alpha value is -1.74. The zero-order chi connectivity index (χ0) is 19.2. The van der Waals surface area contributed by atoms with Gasteiger partial charge in [-0.2, -0.15) is 0 Å². The first-order valence-corrected chi connectivity index (χ1v) is 9.61. The van der Waals surface area contributed by atoms with Gasteiger partial charge in [0.25, 0.3) is 0 Å². The molecule has 25 heavy (non-hydrogen) atoms. The van der Waals surface area contributed by atoms with Crippen LogP contribution in [-0.2, 0) is 25.2 Å². The third-order valence-corrected chi connectivity index (χ3v) is 5.65. The summed E-state index contributed by atoms with van der Waals surface area (Å²) in [6, 6.07) is -1.14. The first kappa shape index (κ1) is 21.3. The molecule has 1 amide bonds. The number of carbonyl (C=O) groups excluding carboxylic acids is 1. The average Bonchev–Trinajstić information content (AvgIpc) is 3.14. The van der Waals surface area contributed by atoms with Crippen molar-refractivity contribution in [3.8, 4) is 0 Å². The second kappa shape index (κ2) is 9.10. The van der Waals surface area contributed by atoms with Crippen LogP contribution in [0.5, 0.6) is 0 Å². The molecule has 0 spiro atoms. The zero-order valence-electron chi connectivity index (χ0n) is 14.5. The number of aliphatic carboxylic acids is 2. The van der Waals surface area contributed by atoms with E-state index in [0.29, 0.717) is 25.0 Å². The lowest BCUT2D eigenvalue weighted by Gasteiger charge is -2.08. The van der Waals surface area contributed by atoms with Crippen molar-refractivity contribution >= 4 is 28.6 Å². The number of nitrogens with two attached hydrogens (primary N) is 1. The highest BCUT2D eigenvalue weighted by atomic mass is 32.2. The van der Waals surface area contributed by atoms with Crippen LogP contribution in [0.3, 0.4) is 0 Å². The first-order chi connectivity index (χ1) is 11.5. The molecule has 1 fully saturated rings. The van der Waals surface area contributed by atoms with E-state index >= 15 is 0 Å². The average molecular weight is 374 g/mol. The van der Waals surface area contributed by atoms with Crippen molar-refractivity contribution in [1.29, 1.82) is 0 Å². The van der Waals surface area contributed by atoms with Crippen LogP contribution in [0, 0.1) is 11.3 Å². The van der Waals surface area contributed by atoms with Crippen molar-refractivity contribution in [2.75, 3.05) is 11.5 Å². The zero-order valence-corrected chi connectivity index (χ0v) is 15.3. The molecular formula is C16H26N2O6S. The van der Waals surface area contributed by atoms with Gasteiger partial charge < -0.3 is 21.3 Å². The minimum atomic E-state index is -1.32. The van der Waals surface area contributed by atoms with Gasteiger partial charge in [0.2, 0.25) is 5.91 Å². The van der Waals surface area contributed by atoms with E-state index in [1.54, 1.807) is 0 Å².